The first kappa shape index (κ1) is 14.0. The van der Waals surface area contributed by atoms with E-state index in [9.17, 15) is 14.6 Å². The van der Waals surface area contributed by atoms with Crippen LogP contribution >= 0.6 is 0 Å². The number of benzene rings is 1. The number of rotatable bonds is 5. The summed E-state index contributed by atoms with van der Waals surface area (Å²) >= 11 is 0. The third-order valence-electron chi connectivity index (χ3n) is 3.66. The van der Waals surface area contributed by atoms with E-state index in [1.807, 2.05) is 13.8 Å². The zero-order valence-electron chi connectivity index (χ0n) is 11.1. The molecule has 0 aliphatic heterocycles. The number of hydrogen-bond donors (Lipinski definition) is 2. The van der Waals surface area contributed by atoms with Gasteiger partial charge in [0.25, 0.3) is 0 Å². The third-order valence-corrected chi connectivity index (χ3v) is 3.66. The lowest BCUT2D eigenvalue weighted by Gasteiger charge is -2.23. The SMILES string of the molecule is CCC(CC)C(O)C(O)c1cc2cccc(F)c2o1. The largest absolute Gasteiger partial charge is 0.455 e. The standard InChI is InChI=1S/C15H19FO3/c1-3-9(4-2)13(17)14(18)12-8-10-6-5-7-11(16)15(10)19-12/h5-9,13-14,17-18H,3-4H2,1-2H3. The fourth-order valence-electron chi connectivity index (χ4n) is 2.39. The van der Waals surface area contributed by atoms with Crippen LogP contribution in [0.15, 0.2) is 28.7 Å². The Bertz CT molecular complexity index is 545. The van der Waals surface area contributed by atoms with Crippen molar-refractivity contribution in [3.63, 3.8) is 0 Å². The molecule has 1 aromatic heterocycles. The second kappa shape index (κ2) is 5.72. The number of para-hydroxylation sites is 1. The Balaban J connectivity index is 2.31. The molecule has 2 N–H and O–H groups in total. The van der Waals surface area contributed by atoms with Crippen LogP contribution in [0, 0.1) is 11.7 Å². The molecular weight excluding hydrogens is 247 g/mol. The van der Waals surface area contributed by atoms with Crippen LogP contribution in [0.3, 0.4) is 0 Å². The summed E-state index contributed by atoms with van der Waals surface area (Å²) in [4.78, 5) is 0. The van der Waals surface area contributed by atoms with E-state index < -0.39 is 18.0 Å². The second-order valence-corrected chi connectivity index (χ2v) is 4.82. The van der Waals surface area contributed by atoms with Gasteiger partial charge in [0.15, 0.2) is 11.4 Å². The van der Waals surface area contributed by atoms with E-state index in [0.29, 0.717) is 5.39 Å². The fourth-order valence-corrected chi connectivity index (χ4v) is 2.39. The molecule has 2 atom stereocenters. The van der Waals surface area contributed by atoms with Crippen molar-refractivity contribution in [1.82, 2.24) is 0 Å². The first-order chi connectivity index (χ1) is 9.08. The van der Waals surface area contributed by atoms with Crippen molar-refractivity contribution in [2.75, 3.05) is 0 Å². The highest BCUT2D eigenvalue weighted by atomic mass is 19.1. The van der Waals surface area contributed by atoms with Gasteiger partial charge in [-0.2, -0.15) is 0 Å². The van der Waals surface area contributed by atoms with Crippen LogP contribution in [0.4, 0.5) is 4.39 Å². The highest BCUT2D eigenvalue weighted by Gasteiger charge is 2.28. The topological polar surface area (TPSA) is 53.6 Å². The minimum Gasteiger partial charge on any atom is -0.455 e. The van der Waals surface area contributed by atoms with E-state index in [4.69, 9.17) is 4.42 Å². The summed E-state index contributed by atoms with van der Waals surface area (Å²) in [6.45, 7) is 3.92. The quantitative estimate of drug-likeness (QED) is 0.872. The highest BCUT2D eigenvalue weighted by molar-refractivity contribution is 5.78. The van der Waals surface area contributed by atoms with Gasteiger partial charge in [0.2, 0.25) is 0 Å². The van der Waals surface area contributed by atoms with Crippen LogP contribution in [0.25, 0.3) is 11.0 Å². The molecule has 0 saturated carbocycles. The second-order valence-electron chi connectivity index (χ2n) is 4.82. The molecule has 0 spiro atoms. The molecule has 0 aliphatic rings. The Labute approximate surface area is 111 Å². The smallest absolute Gasteiger partial charge is 0.170 e. The van der Waals surface area contributed by atoms with Gasteiger partial charge < -0.3 is 14.6 Å². The van der Waals surface area contributed by atoms with Crippen molar-refractivity contribution in [2.45, 2.75) is 38.9 Å². The van der Waals surface area contributed by atoms with Gasteiger partial charge in [0.1, 0.15) is 11.9 Å². The van der Waals surface area contributed by atoms with Crippen molar-refractivity contribution >= 4 is 11.0 Å². The van der Waals surface area contributed by atoms with Crippen molar-refractivity contribution in [3.05, 3.63) is 35.8 Å². The molecule has 0 saturated heterocycles. The van der Waals surface area contributed by atoms with E-state index in [1.54, 1.807) is 18.2 Å². The first-order valence-corrected chi connectivity index (χ1v) is 6.62. The van der Waals surface area contributed by atoms with E-state index in [-0.39, 0.29) is 17.3 Å². The molecule has 0 amide bonds. The Kier molecular flexibility index (Phi) is 4.22. The minimum atomic E-state index is -1.13. The summed E-state index contributed by atoms with van der Waals surface area (Å²) in [5, 5.41) is 20.9. The maximum Gasteiger partial charge on any atom is 0.170 e. The Morgan fingerprint density at radius 3 is 2.47 bits per heavy atom. The van der Waals surface area contributed by atoms with Gasteiger partial charge in [0.05, 0.1) is 6.10 Å². The number of aliphatic hydroxyl groups is 2. The van der Waals surface area contributed by atoms with Crippen molar-refractivity contribution in [2.24, 2.45) is 5.92 Å². The van der Waals surface area contributed by atoms with Crippen molar-refractivity contribution < 1.29 is 19.0 Å². The zero-order chi connectivity index (χ0) is 14.0. The molecule has 2 unspecified atom stereocenters. The van der Waals surface area contributed by atoms with Gasteiger partial charge in [-0.25, -0.2) is 4.39 Å². The van der Waals surface area contributed by atoms with Gasteiger partial charge in [0, 0.05) is 5.39 Å². The van der Waals surface area contributed by atoms with Crippen LogP contribution < -0.4 is 0 Å². The lowest BCUT2D eigenvalue weighted by molar-refractivity contribution is -0.0305. The molecule has 19 heavy (non-hydrogen) atoms. The predicted octanol–water partition coefficient (Wildman–Crippen LogP) is 3.40. The molecule has 1 heterocycles. The third kappa shape index (κ3) is 2.65. The first-order valence-electron chi connectivity index (χ1n) is 6.62. The van der Waals surface area contributed by atoms with Crippen LogP contribution in [0.5, 0.6) is 0 Å². The predicted molar refractivity (Wildman–Crippen MR) is 71.2 cm³/mol. The number of furan rings is 1. The fraction of sp³-hybridized carbons (Fsp3) is 0.467. The number of fused-ring (bicyclic) bond motifs is 1. The van der Waals surface area contributed by atoms with E-state index in [1.165, 1.54) is 6.07 Å². The Morgan fingerprint density at radius 1 is 1.21 bits per heavy atom. The number of aliphatic hydroxyl groups excluding tert-OH is 2. The summed E-state index contributed by atoms with van der Waals surface area (Å²) in [5.41, 5.74) is 0.119. The van der Waals surface area contributed by atoms with Crippen LogP contribution in [0.2, 0.25) is 0 Å². The zero-order valence-corrected chi connectivity index (χ0v) is 11.1. The molecule has 0 fully saturated rings. The number of hydrogen-bond acceptors (Lipinski definition) is 3. The molecule has 0 bridgehead atoms. The van der Waals surface area contributed by atoms with Crippen molar-refractivity contribution in [3.8, 4) is 0 Å². The van der Waals surface area contributed by atoms with E-state index >= 15 is 0 Å². The summed E-state index contributed by atoms with van der Waals surface area (Å²) in [6.07, 6.45) is -0.498. The summed E-state index contributed by atoms with van der Waals surface area (Å²) < 4.78 is 18.9. The van der Waals surface area contributed by atoms with E-state index in [0.717, 1.165) is 12.8 Å². The Morgan fingerprint density at radius 2 is 1.89 bits per heavy atom. The molecule has 0 aliphatic carbocycles. The van der Waals surface area contributed by atoms with Gasteiger partial charge in [-0.3, -0.25) is 0 Å². The van der Waals surface area contributed by atoms with Crippen LogP contribution in [-0.4, -0.2) is 16.3 Å². The molecule has 1 aromatic carbocycles. The molecule has 2 rings (SSSR count). The molecule has 2 aromatic rings. The molecule has 0 radical (unpaired) electrons. The van der Waals surface area contributed by atoms with Crippen molar-refractivity contribution in [1.29, 1.82) is 0 Å². The van der Waals surface area contributed by atoms with Gasteiger partial charge in [-0.1, -0.05) is 38.8 Å². The van der Waals surface area contributed by atoms with E-state index in [2.05, 4.69) is 0 Å². The molecule has 104 valence electrons. The van der Waals surface area contributed by atoms with Gasteiger partial charge >= 0.3 is 0 Å². The molecule has 4 heteroatoms. The lowest BCUT2D eigenvalue weighted by atomic mass is 9.92. The minimum absolute atomic E-state index is 0.00643. The normalized spacial score (nSPS) is 15.1. The highest BCUT2D eigenvalue weighted by Crippen LogP contribution is 2.31. The maximum absolute atomic E-state index is 13.5. The van der Waals surface area contributed by atoms with Crippen LogP contribution in [-0.2, 0) is 0 Å². The van der Waals surface area contributed by atoms with Crippen LogP contribution in [0.1, 0.15) is 38.6 Å². The number of halogens is 1. The van der Waals surface area contributed by atoms with Gasteiger partial charge in [-0.05, 0) is 18.1 Å². The van der Waals surface area contributed by atoms with Gasteiger partial charge in [-0.15, -0.1) is 0 Å². The average molecular weight is 266 g/mol. The summed E-state index contributed by atoms with van der Waals surface area (Å²) in [5.74, 6) is -0.263. The molecule has 3 nitrogen and oxygen atoms in total. The molecular formula is C15H19FO3. The lowest BCUT2D eigenvalue weighted by Crippen LogP contribution is -2.26. The Hall–Kier alpha value is -1.39. The maximum atomic E-state index is 13.5. The average Bonchev–Trinajstić information content (AvgIpc) is 2.84. The summed E-state index contributed by atoms with van der Waals surface area (Å²) in [6, 6.07) is 6.18. The monoisotopic (exact) mass is 266 g/mol. The summed E-state index contributed by atoms with van der Waals surface area (Å²) in [7, 11) is 0.